The zero-order chi connectivity index (χ0) is 28.6. The van der Waals surface area contributed by atoms with E-state index >= 15 is 0 Å². The lowest BCUT2D eigenvalue weighted by molar-refractivity contribution is -0.146. The summed E-state index contributed by atoms with van der Waals surface area (Å²) >= 11 is 0. The third-order valence-corrected chi connectivity index (χ3v) is 11.7. The highest BCUT2D eigenvalue weighted by atomic mass is 28.4. The highest BCUT2D eigenvalue weighted by molar-refractivity contribution is 6.73. The van der Waals surface area contributed by atoms with E-state index in [0.717, 1.165) is 35.0 Å². The van der Waals surface area contributed by atoms with Gasteiger partial charge >= 0.3 is 5.97 Å². The van der Waals surface area contributed by atoms with Gasteiger partial charge in [-0.25, -0.2) is 4.79 Å². The number of hydrogen-bond acceptors (Lipinski definition) is 7. The van der Waals surface area contributed by atoms with Crippen LogP contribution in [0.25, 0.3) is 0 Å². The maximum Gasteiger partial charge on any atom is 0.384 e. The fourth-order valence-electron chi connectivity index (χ4n) is 4.30. The van der Waals surface area contributed by atoms with Crippen molar-refractivity contribution in [2.75, 3.05) is 27.6 Å². The minimum atomic E-state index is -2.14. The summed E-state index contributed by atoms with van der Waals surface area (Å²) in [5, 5.41) is 0. The zero-order valence-corrected chi connectivity index (χ0v) is 25.3. The number of esters is 1. The van der Waals surface area contributed by atoms with Gasteiger partial charge < -0.3 is 28.1 Å². The molecule has 0 saturated heterocycles. The molecular formula is C31H44O7Si. The molecule has 0 heterocycles. The maximum atomic E-state index is 12.0. The van der Waals surface area contributed by atoms with Crippen molar-refractivity contribution in [1.82, 2.24) is 0 Å². The summed E-state index contributed by atoms with van der Waals surface area (Å²) in [4.78, 5) is 12.0. The van der Waals surface area contributed by atoms with Crippen molar-refractivity contribution < 1.29 is 32.9 Å². The fraction of sp³-hybridized carbons (Fsp3) is 0.516. The summed E-state index contributed by atoms with van der Waals surface area (Å²) in [6, 6.07) is 20.5. The van der Waals surface area contributed by atoms with Crippen LogP contribution in [0.15, 0.2) is 54.6 Å². The molecule has 0 fully saturated rings. The molecule has 0 saturated carbocycles. The number of rotatable bonds is 17. The number of carbonyl (C=O) groups excluding carboxylic acids is 1. The quantitative estimate of drug-likeness (QED) is 0.0581. The summed E-state index contributed by atoms with van der Waals surface area (Å²) in [6.07, 6.45) is -0.00318. The summed E-state index contributed by atoms with van der Waals surface area (Å²) < 4.78 is 35.0. The largest absolute Gasteiger partial charge is 0.497 e. The lowest BCUT2D eigenvalue weighted by Gasteiger charge is -2.41. The average Bonchev–Trinajstić information content (AvgIpc) is 2.98. The first-order valence-corrected chi connectivity index (χ1v) is 16.1. The minimum absolute atomic E-state index is 0.0514. The molecule has 0 aliphatic carbocycles. The molecule has 0 aliphatic rings. The fourth-order valence-corrected chi connectivity index (χ4v) is 7.31. The molecule has 0 aromatic heterocycles. The highest BCUT2D eigenvalue weighted by Crippen LogP contribution is 2.32. The molecular weight excluding hydrogens is 512 g/mol. The van der Waals surface area contributed by atoms with Gasteiger partial charge in [0.1, 0.15) is 24.2 Å². The van der Waals surface area contributed by atoms with Gasteiger partial charge in [0.15, 0.2) is 8.32 Å². The molecule has 214 valence electrons. The van der Waals surface area contributed by atoms with Gasteiger partial charge in [0.2, 0.25) is 0 Å². The summed E-state index contributed by atoms with van der Waals surface area (Å²) in [5.41, 5.74) is 1.04. The van der Waals surface area contributed by atoms with Crippen molar-refractivity contribution in [3.8, 4) is 17.6 Å². The van der Waals surface area contributed by atoms with E-state index in [1.165, 1.54) is 7.11 Å². The molecule has 7 nitrogen and oxygen atoms in total. The maximum absolute atomic E-state index is 12.0. The van der Waals surface area contributed by atoms with Crippen LogP contribution in [0.4, 0.5) is 0 Å². The molecule has 0 radical (unpaired) electrons. The Morgan fingerprint density at radius 2 is 1.51 bits per heavy atom. The van der Waals surface area contributed by atoms with E-state index in [1.807, 2.05) is 61.5 Å². The number of benzene rings is 2. The van der Waals surface area contributed by atoms with Crippen LogP contribution in [0.3, 0.4) is 0 Å². The molecule has 0 spiro atoms. The standard InChI is InChI=1S/C31H44O7Si/c1-7-39(8-2,9-3)38-31(4,21-19-30(32)34-6)29(37-25-36-24-26-13-11-10-12-14-26)20-22-35-23-27-15-17-28(33-5)18-16-27/h10-18,29H,7-9,20,22-25H2,1-6H3/t29-,31-/m1/s1. The van der Waals surface area contributed by atoms with Crippen molar-refractivity contribution >= 4 is 14.3 Å². The third kappa shape index (κ3) is 10.8. The number of methoxy groups -OCH3 is 2. The molecule has 2 aromatic carbocycles. The summed E-state index contributed by atoms with van der Waals surface area (Å²) in [6.45, 7) is 9.70. The van der Waals surface area contributed by atoms with E-state index < -0.39 is 26.0 Å². The van der Waals surface area contributed by atoms with Crippen LogP contribution < -0.4 is 4.74 Å². The van der Waals surface area contributed by atoms with Crippen LogP contribution in [0.2, 0.25) is 18.1 Å². The van der Waals surface area contributed by atoms with E-state index in [4.69, 9.17) is 28.1 Å². The Labute approximate surface area is 235 Å². The van der Waals surface area contributed by atoms with E-state index in [1.54, 1.807) is 7.11 Å². The normalized spacial score (nSPS) is 13.6. The lowest BCUT2D eigenvalue weighted by Crippen LogP contribution is -2.52. The van der Waals surface area contributed by atoms with Crippen LogP contribution in [0.5, 0.6) is 5.75 Å². The Morgan fingerprint density at radius 1 is 0.897 bits per heavy atom. The van der Waals surface area contributed by atoms with Crippen LogP contribution in [0, 0.1) is 11.8 Å². The molecule has 2 aromatic rings. The molecule has 0 N–H and O–H groups in total. The van der Waals surface area contributed by atoms with Gasteiger partial charge in [-0.2, -0.15) is 0 Å². The first kappa shape index (κ1) is 32.5. The van der Waals surface area contributed by atoms with Crippen LogP contribution in [-0.2, 0) is 41.4 Å². The van der Waals surface area contributed by atoms with Crippen molar-refractivity contribution in [3.05, 3.63) is 65.7 Å². The van der Waals surface area contributed by atoms with Gasteiger partial charge in [0, 0.05) is 18.9 Å². The molecule has 0 aliphatic heterocycles. The topological polar surface area (TPSA) is 72.5 Å². The molecule has 0 bridgehead atoms. The van der Waals surface area contributed by atoms with Gasteiger partial charge in [-0.15, -0.1) is 0 Å². The predicted molar refractivity (Wildman–Crippen MR) is 155 cm³/mol. The van der Waals surface area contributed by atoms with Crippen LogP contribution in [-0.4, -0.2) is 53.6 Å². The Bertz CT molecular complexity index is 1020. The first-order valence-electron chi connectivity index (χ1n) is 13.6. The van der Waals surface area contributed by atoms with Gasteiger partial charge in [-0.1, -0.05) is 69.2 Å². The van der Waals surface area contributed by atoms with E-state index in [0.29, 0.717) is 26.2 Å². The monoisotopic (exact) mass is 556 g/mol. The van der Waals surface area contributed by atoms with Gasteiger partial charge in [-0.3, -0.25) is 0 Å². The SMILES string of the molecule is CC[Si](CC)(CC)O[C@](C)(C#CC(=O)OC)[C@@H](CCOCc1ccc(OC)cc1)OCOCc1ccccc1. The highest BCUT2D eigenvalue weighted by Gasteiger charge is 2.43. The zero-order valence-electron chi connectivity index (χ0n) is 24.3. The van der Waals surface area contributed by atoms with Crippen molar-refractivity contribution in [2.24, 2.45) is 0 Å². The number of hydrogen-bond donors (Lipinski definition) is 0. The second kappa shape index (κ2) is 17.1. The second-order valence-electron chi connectivity index (χ2n) is 9.49. The third-order valence-electron chi connectivity index (χ3n) is 6.99. The van der Waals surface area contributed by atoms with Crippen molar-refractivity contribution in [1.29, 1.82) is 0 Å². The number of ether oxygens (including phenoxy) is 5. The van der Waals surface area contributed by atoms with E-state index in [9.17, 15) is 4.79 Å². The Balaban J connectivity index is 2.20. The van der Waals surface area contributed by atoms with Gasteiger partial charge in [0.05, 0.1) is 27.4 Å². The first-order chi connectivity index (χ1) is 18.8. The van der Waals surface area contributed by atoms with Gasteiger partial charge in [0.25, 0.3) is 0 Å². The molecule has 8 heteroatoms. The second-order valence-corrected chi connectivity index (χ2v) is 14.2. The minimum Gasteiger partial charge on any atom is -0.497 e. The predicted octanol–water partition coefficient (Wildman–Crippen LogP) is 6.12. The molecule has 2 atom stereocenters. The van der Waals surface area contributed by atoms with Crippen molar-refractivity contribution in [2.45, 2.75) is 77.2 Å². The molecule has 0 amide bonds. The summed E-state index contributed by atoms with van der Waals surface area (Å²) in [5.74, 6) is 5.86. The molecule has 0 unspecified atom stereocenters. The van der Waals surface area contributed by atoms with E-state index in [2.05, 4.69) is 32.6 Å². The average molecular weight is 557 g/mol. The van der Waals surface area contributed by atoms with Crippen LogP contribution in [0.1, 0.15) is 45.2 Å². The Morgan fingerprint density at radius 3 is 2.10 bits per heavy atom. The van der Waals surface area contributed by atoms with E-state index in [-0.39, 0.29) is 6.79 Å². The molecule has 2 rings (SSSR count). The molecule has 39 heavy (non-hydrogen) atoms. The number of carbonyl (C=O) groups is 1. The van der Waals surface area contributed by atoms with Gasteiger partial charge in [-0.05, 0) is 48.3 Å². The van der Waals surface area contributed by atoms with Crippen LogP contribution >= 0.6 is 0 Å². The lowest BCUT2D eigenvalue weighted by atomic mass is 9.97. The summed E-state index contributed by atoms with van der Waals surface area (Å²) in [7, 11) is 0.824. The Kier molecular flexibility index (Phi) is 14.3. The van der Waals surface area contributed by atoms with Crippen molar-refractivity contribution in [3.63, 3.8) is 0 Å². The Hall–Kier alpha value is -2.67. The smallest absolute Gasteiger partial charge is 0.384 e.